The molecule has 0 saturated carbocycles. The molecule has 2 heterocycles. The molecule has 0 atom stereocenters. The third-order valence-corrected chi connectivity index (χ3v) is 4.18. The number of pyridine rings is 1. The minimum atomic E-state index is 0. The van der Waals surface area contributed by atoms with Crippen molar-refractivity contribution in [3.05, 3.63) is 35.2 Å². The third kappa shape index (κ3) is 5.36. The van der Waals surface area contributed by atoms with Crippen LogP contribution in [0.3, 0.4) is 0 Å². The normalized spacial score (nSPS) is 10.4. The Kier molecular flexibility index (Phi) is 7.44. The Morgan fingerprint density at radius 1 is 1.32 bits per heavy atom. The number of hydrogen-bond donors (Lipinski definition) is 1. The smallest absolute Gasteiger partial charge is 0.226 e. The lowest BCUT2D eigenvalue weighted by molar-refractivity contribution is -0.120. The van der Waals surface area contributed by atoms with E-state index in [2.05, 4.69) is 15.3 Å². The zero-order valence-electron chi connectivity index (χ0n) is 13.0. The summed E-state index contributed by atoms with van der Waals surface area (Å²) in [6, 6.07) is 3.92. The van der Waals surface area contributed by atoms with E-state index in [4.69, 9.17) is 0 Å². The summed E-state index contributed by atoms with van der Waals surface area (Å²) in [6.07, 6.45) is 3.87. The fourth-order valence-corrected chi connectivity index (χ4v) is 2.99. The molecule has 0 saturated heterocycles. The summed E-state index contributed by atoms with van der Waals surface area (Å²) in [5, 5.41) is 3.76. The van der Waals surface area contributed by atoms with E-state index in [0.29, 0.717) is 13.0 Å². The molecule has 0 unspecified atom stereocenters. The van der Waals surface area contributed by atoms with E-state index in [-0.39, 0.29) is 18.3 Å². The fraction of sp³-hybridized carbons (Fsp3) is 0.400. The molecule has 120 valence electrons. The Hall–Kier alpha value is -1.50. The molecule has 0 aliphatic carbocycles. The van der Waals surface area contributed by atoms with Crippen LogP contribution in [0.25, 0.3) is 10.4 Å². The van der Waals surface area contributed by atoms with E-state index < -0.39 is 0 Å². The minimum absolute atomic E-state index is 0. The second-order valence-corrected chi connectivity index (χ2v) is 6.17. The van der Waals surface area contributed by atoms with Crippen molar-refractivity contribution in [3.63, 3.8) is 0 Å². The molecule has 5 nitrogen and oxygen atoms in total. The highest BCUT2D eigenvalue weighted by Gasteiger charge is 2.12. The summed E-state index contributed by atoms with van der Waals surface area (Å²) in [4.78, 5) is 23.5. The largest absolute Gasteiger partial charge is 0.354 e. The van der Waals surface area contributed by atoms with Crippen molar-refractivity contribution in [2.75, 3.05) is 27.2 Å². The van der Waals surface area contributed by atoms with Gasteiger partial charge in [0.25, 0.3) is 0 Å². The molecule has 0 fully saturated rings. The van der Waals surface area contributed by atoms with Crippen LogP contribution in [0, 0.1) is 6.92 Å². The van der Waals surface area contributed by atoms with Crippen LogP contribution < -0.4 is 5.32 Å². The van der Waals surface area contributed by atoms with E-state index >= 15 is 0 Å². The second kappa shape index (κ2) is 8.82. The number of rotatable bonds is 6. The van der Waals surface area contributed by atoms with E-state index in [0.717, 1.165) is 27.7 Å². The van der Waals surface area contributed by atoms with Gasteiger partial charge in [0.15, 0.2) is 0 Å². The first kappa shape index (κ1) is 18.5. The van der Waals surface area contributed by atoms with Crippen LogP contribution in [0.5, 0.6) is 0 Å². The number of aryl methyl sites for hydroxylation is 1. The van der Waals surface area contributed by atoms with Crippen molar-refractivity contribution in [2.24, 2.45) is 0 Å². The first-order chi connectivity index (χ1) is 10.1. The number of nitrogens with one attached hydrogen (secondary N) is 1. The summed E-state index contributed by atoms with van der Waals surface area (Å²) >= 11 is 1.57. The zero-order valence-corrected chi connectivity index (χ0v) is 14.6. The molecule has 0 aliphatic heterocycles. The molecular formula is C15H21ClN4OS. The van der Waals surface area contributed by atoms with Gasteiger partial charge in [-0.3, -0.25) is 9.78 Å². The Morgan fingerprint density at radius 3 is 2.64 bits per heavy atom. The number of carbonyl (C=O) groups excluding carboxylic acids is 1. The average molecular weight is 341 g/mol. The van der Waals surface area contributed by atoms with Crippen molar-refractivity contribution >= 4 is 29.7 Å². The highest BCUT2D eigenvalue weighted by Crippen LogP contribution is 2.29. The predicted molar refractivity (Wildman–Crippen MR) is 92.6 cm³/mol. The Bertz CT molecular complexity index is 601. The number of amides is 1. The van der Waals surface area contributed by atoms with Crippen LogP contribution >= 0.6 is 23.7 Å². The number of nitrogens with zero attached hydrogens (tertiary/aromatic N) is 3. The SMILES string of the molecule is Cc1nc(CC(=O)NCCN(C)C)sc1-c1ccncc1.Cl. The van der Waals surface area contributed by atoms with Gasteiger partial charge in [-0.05, 0) is 38.7 Å². The lowest BCUT2D eigenvalue weighted by Gasteiger charge is -2.09. The summed E-state index contributed by atoms with van der Waals surface area (Å²) in [5.74, 6) is 0.0203. The van der Waals surface area contributed by atoms with Gasteiger partial charge in [-0.25, -0.2) is 4.98 Å². The Labute approximate surface area is 141 Å². The fourth-order valence-electron chi connectivity index (χ4n) is 1.92. The van der Waals surface area contributed by atoms with Gasteiger partial charge in [-0.2, -0.15) is 0 Å². The molecule has 2 rings (SSSR count). The minimum Gasteiger partial charge on any atom is -0.354 e. The van der Waals surface area contributed by atoms with Crippen LogP contribution in [0.4, 0.5) is 0 Å². The van der Waals surface area contributed by atoms with Crippen molar-refractivity contribution in [2.45, 2.75) is 13.3 Å². The van der Waals surface area contributed by atoms with Gasteiger partial charge in [-0.1, -0.05) is 0 Å². The van der Waals surface area contributed by atoms with E-state index in [1.165, 1.54) is 0 Å². The van der Waals surface area contributed by atoms with Crippen LogP contribution in [0.2, 0.25) is 0 Å². The highest BCUT2D eigenvalue weighted by molar-refractivity contribution is 7.15. The molecular weight excluding hydrogens is 320 g/mol. The van der Waals surface area contributed by atoms with Crippen LogP contribution in [-0.4, -0.2) is 48.0 Å². The van der Waals surface area contributed by atoms with Gasteiger partial charge in [0.2, 0.25) is 5.91 Å². The van der Waals surface area contributed by atoms with Crippen LogP contribution in [0.1, 0.15) is 10.7 Å². The molecule has 7 heteroatoms. The van der Waals surface area contributed by atoms with Crippen molar-refractivity contribution in [1.29, 1.82) is 0 Å². The average Bonchev–Trinajstić information content (AvgIpc) is 2.80. The molecule has 2 aromatic heterocycles. The zero-order chi connectivity index (χ0) is 15.2. The van der Waals surface area contributed by atoms with Crippen LogP contribution in [-0.2, 0) is 11.2 Å². The number of carbonyl (C=O) groups is 1. The Balaban J connectivity index is 0.00000242. The number of thiazole rings is 1. The first-order valence-corrected chi connectivity index (χ1v) is 7.66. The van der Waals surface area contributed by atoms with E-state index in [9.17, 15) is 4.79 Å². The van der Waals surface area contributed by atoms with Crippen molar-refractivity contribution < 1.29 is 4.79 Å². The molecule has 0 bridgehead atoms. The maximum atomic E-state index is 11.9. The highest BCUT2D eigenvalue weighted by atomic mass is 35.5. The van der Waals surface area contributed by atoms with Crippen molar-refractivity contribution in [3.8, 4) is 10.4 Å². The maximum absolute atomic E-state index is 11.9. The van der Waals surface area contributed by atoms with Crippen molar-refractivity contribution in [1.82, 2.24) is 20.2 Å². The number of aromatic nitrogens is 2. The third-order valence-electron chi connectivity index (χ3n) is 2.98. The number of hydrogen-bond acceptors (Lipinski definition) is 5. The van der Waals surface area contributed by atoms with Gasteiger partial charge >= 0.3 is 0 Å². The number of likely N-dealkylation sites (N-methyl/N-ethyl adjacent to an activating group) is 1. The van der Waals surface area contributed by atoms with Gasteiger partial charge in [-0.15, -0.1) is 23.7 Å². The quantitative estimate of drug-likeness (QED) is 0.875. The summed E-state index contributed by atoms with van der Waals surface area (Å²) < 4.78 is 0. The Morgan fingerprint density at radius 2 is 2.00 bits per heavy atom. The van der Waals surface area contributed by atoms with E-state index in [1.54, 1.807) is 23.7 Å². The predicted octanol–water partition coefficient (Wildman–Crippen LogP) is 2.16. The molecule has 1 amide bonds. The molecule has 0 aromatic carbocycles. The lowest BCUT2D eigenvalue weighted by atomic mass is 10.2. The van der Waals surface area contributed by atoms with Crippen LogP contribution in [0.15, 0.2) is 24.5 Å². The van der Waals surface area contributed by atoms with Gasteiger partial charge < -0.3 is 10.2 Å². The molecule has 2 aromatic rings. The lowest BCUT2D eigenvalue weighted by Crippen LogP contribution is -2.32. The monoisotopic (exact) mass is 340 g/mol. The summed E-state index contributed by atoms with van der Waals surface area (Å²) in [7, 11) is 3.97. The summed E-state index contributed by atoms with van der Waals surface area (Å²) in [6.45, 7) is 3.47. The second-order valence-electron chi connectivity index (χ2n) is 5.09. The van der Waals surface area contributed by atoms with Gasteiger partial charge in [0.1, 0.15) is 5.01 Å². The molecule has 22 heavy (non-hydrogen) atoms. The molecule has 0 spiro atoms. The summed E-state index contributed by atoms with van der Waals surface area (Å²) in [5.41, 5.74) is 2.06. The van der Waals surface area contributed by atoms with E-state index in [1.807, 2.05) is 38.1 Å². The maximum Gasteiger partial charge on any atom is 0.226 e. The number of halogens is 1. The van der Waals surface area contributed by atoms with Gasteiger partial charge in [0.05, 0.1) is 17.0 Å². The molecule has 0 aliphatic rings. The standard InChI is InChI=1S/C15H20N4OS.ClH/c1-11-15(12-4-6-16-7-5-12)21-14(18-11)10-13(20)17-8-9-19(2)3;/h4-7H,8-10H2,1-3H3,(H,17,20);1H. The molecule has 0 radical (unpaired) electrons. The van der Waals surface area contributed by atoms with Gasteiger partial charge in [0, 0.05) is 25.5 Å². The topological polar surface area (TPSA) is 58.1 Å². The molecule has 1 N–H and O–H groups in total. The first-order valence-electron chi connectivity index (χ1n) is 6.84.